The average molecular weight is 216 g/mol. The Morgan fingerprint density at radius 3 is 2.47 bits per heavy atom. The number of amides is 1. The van der Waals surface area contributed by atoms with Crippen molar-refractivity contribution in [3.8, 4) is 0 Å². The van der Waals surface area contributed by atoms with E-state index in [1.807, 2.05) is 0 Å². The van der Waals surface area contributed by atoms with Gasteiger partial charge in [0.2, 0.25) is 5.91 Å². The normalized spacial score (nSPS) is 13.7. The van der Waals surface area contributed by atoms with E-state index < -0.39 is 0 Å². The zero-order valence-electron chi connectivity index (χ0n) is 10.5. The molecule has 0 radical (unpaired) electrons. The minimum Gasteiger partial charge on any atom is -0.379 e. The number of carbonyl (C=O) groups excluding carboxylic acids is 1. The van der Waals surface area contributed by atoms with Gasteiger partial charge in [-0.05, 0) is 27.2 Å². The van der Waals surface area contributed by atoms with E-state index in [-0.39, 0.29) is 11.5 Å². The zero-order valence-corrected chi connectivity index (χ0v) is 10.5. The molecule has 0 saturated heterocycles. The lowest BCUT2D eigenvalue weighted by atomic mass is 10.00. The Bertz CT molecular complexity index is 193. The van der Waals surface area contributed by atoms with Crippen LogP contribution in [0.1, 0.15) is 34.1 Å². The van der Waals surface area contributed by atoms with Crippen LogP contribution in [0.25, 0.3) is 0 Å². The molecule has 0 rings (SSSR count). The predicted molar refractivity (Wildman–Crippen MR) is 61.9 cm³/mol. The summed E-state index contributed by atoms with van der Waals surface area (Å²) in [7, 11) is 1.73. The third-order valence-corrected chi connectivity index (χ3v) is 2.34. The van der Waals surface area contributed by atoms with E-state index >= 15 is 0 Å². The Hall–Kier alpha value is -0.610. The first-order valence-corrected chi connectivity index (χ1v) is 5.40. The second kappa shape index (κ2) is 6.80. The van der Waals surface area contributed by atoms with Gasteiger partial charge >= 0.3 is 0 Å². The number of hydrogen-bond acceptors (Lipinski definition) is 3. The maximum atomic E-state index is 10.6. The van der Waals surface area contributed by atoms with Gasteiger partial charge in [0.25, 0.3) is 0 Å². The predicted octanol–water partition coefficient (Wildman–Crippen LogP) is 0.916. The largest absolute Gasteiger partial charge is 0.379 e. The van der Waals surface area contributed by atoms with Crippen molar-refractivity contribution in [2.45, 2.75) is 45.8 Å². The van der Waals surface area contributed by atoms with Crippen molar-refractivity contribution >= 4 is 5.91 Å². The van der Waals surface area contributed by atoms with Gasteiger partial charge in [0.05, 0.1) is 5.60 Å². The molecule has 0 aliphatic heterocycles. The summed E-state index contributed by atoms with van der Waals surface area (Å²) in [6, 6.07) is 0.383. The van der Waals surface area contributed by atoms with Crippen molar-refractivity contribution in [1.29, 1.82) is 0 Å². The average Bonchev–Trinajstić information content (AvgIpc) is 2.11. The van der Waals surface area contributed by atoms with Crippen LogP contribution in [0.4, 0.5) is 0 Å². The fraction of sp³-hybridized carbons (Fsp3) is 0.909. The van der Waals surface area contributed by atoms with Gasteiger partial charge < -0.3 is 15.4 Å². The van der Waals surface area contributed by atoms with E-state index in [1.165, 1.54) is 6.92 Å². The standard InChI is InChI=1S/C11H24N2O2/c1-9(8-11(3,4)15-5)12-6-7-13-10(2)14/h9,12H,6-8H2,1-5H3,(H,13,14). The lowest BCUT2D eigenvalue weighted by Crippen LogP contribution is -2.39. The molecule has 0 heterocycles. The number of ether oxygens (including phenoxy) is 1. The molecule has 0 aromatic carbocycles. The summed E-state index contributed by atoms with van der Waals surface area (Å²) >= 11 is 0. The van der Waals surface area contributed by atoms with Crippen LogP contribution < -0.4 is 10.6 Å². The van der Waals surface area contributed by atoms with Crippen molar-refractivity contribution in [3.05, 3.63) is 0 Å². The summed E-state index contributed by atoms with van der Waals surface area (Å²) in [6.45, 7) is 9.25. The number of methoxy groups -OCH3 is 1. The van der Waals surface area contributed by atoms with Crippen molar-refractivity contribution in [1.82, 2.24) is 10.6 Å². The van der Waals surface area contributed by atoms with Crippen molar-refractivity contribution in [3.63, 3.8) is 0 Å². The highest BCUT2D eigenvalue weighted by molar-refractivity contribution is 5.72. The van der Waals surface area contributed by atoms with Crippen LogP contribution in [0, 0.1) is 0 Å². The van der Waals surface area contributed by atoms with Crippen LogP contribution in [0.5, 0.6) is 0 Å². The fourth-order valence-electron chi connectivity index (χ4n) is 1.45. The summed E-state index contributed by atoms with van der Waals surface area (Å²) in [5.41, 5.74) is -0.0968. The van der Waals surface area contributed by atoms with Crippen LogP contribution >= 0.6 is 0 Å². The number of nitrogens with one attached hydrogen (secondary N) is 2. The van der Waals surface area contributed by atoms with Crippen LogP contribution in [-0.2, 0) is 9.53 Å². The Morgan fingerprint density at radius 2 is 2.00 bits per heavy atom. The zero-order chi connectivity index (χ0) is 11.9. The molecule has 4 nitrogen and oxygen atoms in total. The van der Waals surface area contributed by atoms with Gasteiger partial charge in [-0.2, -0.15) is 0 Å². The molecule has 4 heteroatoms. The van der Waals surface area contributed by atoms with E-state index in [4.69, 9.17) is 4.74 Å². The summed E-state index contributed by atoms with van der Waals surface area (Å²) in [6.07, 6.45) is 0.948. The van der Waals surface area contributed by atoms with E-state index in [1.54, 1.807) is 7.11 Å². The molecule has 90 valence electrons. The van der Waals surface area contributed by atoms with E-state index in [0.717, 1.165) is 13.0 Å². The third-order valence-electron chi connectivity index (χ3n) is 2.34. The molecule has 0 spiro atoms. The van der Waals surface area contributed by atoms with Gasteiger partial charge in [-0.3, -0.25) is 4.79 Å². The highest BCUT2D eigenvalue weighted by Crippen LogP contribution is 2.14. The molecule has 0 aromatic rings. The first-order chi connectivity index (χ1) is 6.87. The van der Waals surface area contributed by atoms with Crippen molar-refractivity contribution < 1.29 is 9.53 Å². The Labute approximate surface area is 92.8 Å². The van der Waals surface area contributed by atoms with Crippen molar-refractivity contribution in [2.75, 3.05) is 20.2 Å². The summed E-state index contributed by atoms with van der Waals surface area (Å²) in [4.78, 5) is 10.6. The molecular formula is C11H24N2O2. The summed E-state index contributed by atoms with van der Waals surface area (Å²) in [5.74, 6) is 0.0154. The molecular weight excluding hydrogens is 192 g/mol. The first kappa shape index (κ1) is 14.4. The van der Waals surface area contributed by atoms with Crippen LogP contribution in [-0.4, -0.2) is 37.7 Å². The van der Waals surface area contributed by atoms with E-state index in [0.29, 0.717) is 12.6 Å². The number of rotatable bonds is 7. The van der Waals surface area contributed by atoms with E-state index in [2.05, 4.69) is 31.4 Å². The first-order valence-electron chi connectivity index (χ1n) is 5.40. The topological polar surface area (TPSA) is 50.4 Å². The Morgan fingerprint density at radius 1 is 1.40 bits per heavy atom. The van der Waals surface area contributed by atoms with Crippen LogP contribution in [0.15, 0.2) is 0 Å². The summed E-state index contributed by atoms with van der Waals surface area (Å²) < 4.78 is 5.34. The maximum absolute atomic E-state index is 10.6. The molecule has 0 bridgehead atoms. The van der Waals surface area contributed by atoms with Gasteiger partial charge in [0, 0.05) is 33.2 Å². The molecule has 2 N–H and O–H groups in total. The number of hydrogen-bond donors (Lipinski definition) is 2. The number of carbonyl (C=O) groups is 1. The van der Waals surface area contributed by atoms with Crippen molar-refractivity contribution in [2.24, 2.45) is 0 Å². The van der Waals surface area contributed by atoms with Gasteiger partial charge in [-0.1, -0.05) is 0 Å². The van der Waals surface area contributed by atoms with E-state index in [9.17, 15) is 4.79 Å². The molecule has 0 saturated carbocycles. The minimum absolute atomic E-state index is 0.0154. The Kier molecular flexibility index (Phi) is 6.52. The molecule has 0 aliphatic carbocycles. The molecule has 0 aromatic heterocycles. The second-order valence-electron chi connectivity index (χ2n) is 4.51. The van der Waals surface area contributed by atoms with Crippen LogP contribution in [0.3, 0.4) is 0 Å². The summed E-state index contributed by atoms with van der Waals surface area (Å²) in [5, 5.41) is 6.08. The molecule has 1 amide bonds. The monoisotopic (exact) mass is 216 g/mol. The Balaban J connectivity index is 3.57. The quantitative estimate of drug-likeness (QED) is 0.622. The SMILES string of the molecule is COC(C)(C)CC(C)NCCNC(C)=O. The van der Waals surface area contributed by atoms with Crippen LogP contribution in [0.2, 0.25) is 0 Å². The molecule has 0 aliphatic rings. The minimum atomic E-state index is -0.0968. The lowest BCUT2D eigenvalue weighted by molar-refractivity contribution is -0.118. The highest BCUT2D eigenvalue weighted by atomic mass is 16.5. The highest BCUT2D eigenvalue weighted by Gasteiger charge is 2.19. The van der Waals surface area contributed by atoms with Gasteiger partial charge in [0.15, 0.2) is 0 Å². The molecule has 1 unspecified atom stereocenters. The molecule has 0 fully saturated rings. The fourth-order valence-corrected chi connectivity index (χ4v) is 1.45. The molecule has 15 heavy (non-hydrogen) atoms. The molecule has 1 atom stereocenters. The van der Waals surface area contributed by atoms with Gasteiger partial charge in [-0.25, -0.2) is 0 Å². The van der Waals surface area contributed by atoms with Gasteiger partial charge in [0.1, 0.15) is 0 Å². The third kappa shape index (κ3) is 8.39. The lowest BCUT2D eigenvalue weighted by Gasteiger charge is -2.27. The second-order valence-corrected chi connectivity index (χ2v) is 4.51. The van der Waals surface area contributed by atoms with Gasteiger partial charge in [-0.15, -0.1) is 0 Å². The maximum Gasteiger partial charge on any atom is 0.216 e. The smallest absolute Gasteiger partial charge is 0.216 e.